The van der Waals surface area contributed by atoms with E-state index in [0.29, 0.717) is 32.7 Å². The summed E-state index contributed by atoms with van der Waals surface area (Å²) in [7, 11) is 0. The van der Waals surface area contributed by atoms with Crippen molar-refractivity contribution in [3.63, 3.8) is 0 Å². The first-order valence-electron chi connectivity index (χ1n) is 6.48. The highest BCUT2D eigenvalue weighted by Gasteiger charge is 2.42. The number of carbonyl (C=O) groups is 1. The molecule has 19 heavy (non-hydrogen) atoms. The highest BCUT2D eigenvalue weighted by atomic mass is 16.5. The molecule has 2 heterocycles. The smallest absolute Gasteiger partial charge is 0.231 e. The van der Waals surface area contributed by atoms with Crippen molar-refractivity contribution < 1.29 is 14.6 Å². The summed E-state index contributed by atoms with van der Waals surface area (Å²) < 4.78 is 5.18. The summed E-state index contributed by atoms with van der Waals surface area (Å²) in [6, 6.07) is 5.90. The summed E-state index contributed by atoms with van der Waals surface area (Å²) in [5.74, 6) is 0.0869. The molecule has 1 aromatic carbocycles. The Labute approximate surface area is 112 Å². The van der Waals surface area contributed by atoms with E-state index in [4.69, 9.17) is 10.5 Å². The largest absolute Gasteiger partial charge is 0.396 e. The molecule has 0 bridgehead atoms. The lowest BCUT2D eigenvalue weighted by Gasteiger charge is -2.42. The number of benzene rings is 1. The van der Waals surface area contributed by atoms with Gasteiger partial charge in [0.1, 0.15) is 0 Å². The van der Waals surface area contributed by atoms with Crippen LogP contribution in [0, 0.1) is 5.41 Å². The van der Waals surface area contributed by atoms with Crippen molar-refractivity contribution in [1.29, 1.82) is 0 Å². The molecule has 0 aromatic heterocycles. The lowest BCUT2D eigenvalue weighted by molar-refractivity contribution is -0.135. The molecule has 1 aromatic rings. The maximum atomic E-state index is 12.1. The van der Waals surface area contributed by atoms with Gasteiger partial charge in [0.2, 0.25) is 5.91 Å². The number of aliphatic hydroxyl groups is 1. The van der Waals surface area contributed by atoms with Crippen molar-refractivity contribution in [2.45, 2.75) is 13.0 Å². The van der Waals surface area contributed by atoms with Crippen molar-refractivity contribution in [2.24, 2.45) is 11.1 Å². The average molecular weight is 262 g/mol. The van der Waals surface area contributed by atoms with E-state index in [0.717, 1.165) is 16.8 Å². The fourth-order valence-corrected chi connectivity index (χ4v) is 2.70. The lowest BCUT2D eigenvalue weighted by atomic mass is 9.86. The molecule has 3 N–H and O–H groups in total. The zero-order valence-electron chi connectivity index (χ0n) is 10.8. The molecule has 2 aliphatic heterocycles. The number of nitrogens with zero attached hydrogens (tertiary/aromatic N) is 1. The second-order valence-electron chi connectivity index (χ2n) is 5.47. The monoisotopic (exact) mass is 262 g/mol. The Hall–Kier alpha value is -1.43. The molecule has 0 spiro atoms. The van der Waals surface area contributed by atoms with Crippen molar-refractivity contribution in [3.8, 4) is 0 Å². The van der Waals surface area contributed by atoms with E-state index in [1.165, 1.54) is 0 Å². The zero-order valence-corrected chi connectivity index (χ0v) is 10.8. The van der Waals surface area contributed by atoms with Crippen molar-refractivity contribution in [3.05, 3.63) is 29.3 Å². The number of amides is 1. The summed E-state index contributed by atoms with van der Waals surface area (Å²) >= 11 is 0. The number of anilines is 1. The van der Waals surface area contributed by atoms with E-state index in [9.17, 15) is 9.90 Å². The Morgan fingerprint density at radius 2 is 2.21 bits per heavy atom. The predicted octanol–water partition coefficient (Wildman–Crippen LogP) is 0.0433. The summed E-state index contributed by atoms with van der Waals surface area (Å²) in [4.78, 5) is 13.9. The van der Waals surface area contributed by atoms with E-state index in [-0.39, 0.29) is 17.9 Å². The molecule has 0 atom stereocenters. The third-order valence-corrected chi connectivity index (χ3v) is 3.96. The zero-order chi connectivity index (χ0) is 13.5. The molecule has 5 heteroatoms. The maximum Gasteiger partial charge on any atom is 0.231 e. The van der Waals surface area contributed by atoms with E-state index in [1.807, 2.05) is 18.2 Å². The molecule has 0 radical (unpaired) electrons. The topological polar surface area (TPSA) is 75.8 Å². The highest BCUT2D eigenvalue weighted by molar-refractivity contribution is 6.01. The van der Waals surface area contributed by atoms with Crippen LogP contribution in [0.5, 0.6) is 0 Å². The van der Waals surface area contributed by atoms with Gasteiger partial charge in [-0.15, -0.1) is 0 Å². The number of rotatable bonds is 4. The third-order valence-electron chi connectivity index (χ3n) is 3.96. The molecule has 0 unspecified atom stereocenters. The van der Waals surface area contributed by atoms with Crippen LogP contribution in [0.25, 0.3) is 0 Å². The Balaban J connectivity index is 1.86. The van der Waals surface area contributed by atoms with Crippen molar-refractivity contribution >= 4 is 11.6 Å². The van der Waals surface area contributed by atoms with E-state index in [2.05, 4.69) is 0 Å². The lowest BCUT2D eigenvalue weighted by Crippen LogP contribution is -2.54. The number of ether oxygens (including phenoxy) is 1. The number of fused-ring (bicyclic) bond motifs is 1. The Kier molecular flexibility index (Phi) is 3.05. The summed E-state index contributed by atoms with van der Waals surface area (Å²) in [6.45, 7) is 2.09. The van der Waals surface area contributed by atoms with Crippen LogP contribution in [-0.4, -0.2) is 37.4 Å². The molecular formula is C14H18N2O3. The fraction of sp³-hybridized carbons (Fsp3) is 0.500. The first kappa shape index (κ1) is 12.6. The molecule has 0 aliphatic carbocycles. The van der Waals surface area contributed by atoms with Gasteiger partial charge in [0, 0.05) is 18.8 Å². The molecule has 2 aliphatic rings. The van der Waals surface area contributed by atoms with Crippen LogP contribution in [0.4, 0.5) is 5.69 Å². The fourth-order valence-electron chi connectivity index (χ4n) is 2.70. The number of aliphatic hydroxyl groups excluding tert-OH is 1. The molecule has 5 nitrogen and oxygen atoms in total. The predicted molar refractivity (Wildman–Crippen MR) is 70.7 cm³/mol. The second-order valence-corrected chi connectivity index (χ2v) is 5.47. The Morgan fingerprint density at radius 3 is 2.79 bits per heavy atom. The van der Waals surface area contributed by atoms with Crippen molar-refractivity contribution in [2.75, 3.05) is 31.3 Å². The minimum Gasteiger partial charge on any atom is -0.396 e. The molecule has 3 rings (SSSR count). The first-order chi connectivity index (χ1) is 9.17. The number of hydrogen-bond donors (Lipinski definition) is 2. The number of hydrogen-bond acceptors (Lipinski definition) is 4. The van der Waals surface area contributed by atoms with Crippen LogP contribution in [0.1, 0.15) is 11.1 Å². The third kappa shape index (κ3) is 2.04. The quantitative estimate of drug-likeness (QED) is 0.803. The van der Waals surface area contributed by atoms with Crippen LogP contribution in [0.2, 0.25) is 0 Å². The Morgan fingerprint density at radius 1 is 1.42 bits per heavy atom. The number of nitrogens with two attached hydrogens (primary N) is 1. The maximum absolute atomic E-state index is 12.1. The molecule has 102 valence electrons. The summed E-state index contributed by atoms with van der Waals surface area (Å²) in [5, 5.41) is 9.48. The van der Waals surface area contributed by atoms with Gasteiger partial charge in [0.15, 0.2) is 0 Å². The first-order valence-corrected chi connectivity index (χ1v) is 6.48. The van der Waals surface area contributed by atoms with Gasteiger partial charge in [-0.1, -0.05) is 12.1 Å². The SMILES string of the molecule is NCc1ccc2c(c1)CC(=O)N2CC1(CO)COC1. The molecule has 1 amide bonds. The van der Waals surface area contributed by atoms with Crippen LogP contribution >= 0.6 is 0 Å². The average Bonchev–Trinajstić information content (AvgIpc) is 2.68. The van der Waals surface area contributed by atoms with Crippen LogP contribution < -0.4 is 10.6 Å². The number of carbonyl (C=O) groups excluding carboxylic acids is 1. The van der Waals surface area contributed by atoms with Gasteiger partial charge in [-0.2, -0.15) is 0 Å². The van der Waals surface area contributed by atoms with E-state index < -0.39 is 0 Å². The molecule has 0 saturated carbocycles. The van der Waals surface area contributed by atoms with Gasteiger partial charge >= 0.3 is 0 Å². The van der Waals surface area contributed by atoms with Gasteiger partial charge in [0.25, 0.3) is 0 Å². The van der Waals surface area contributed by atoms with E-state index >= 15 is 0 Å². The van der Waals surface area contributed by atoms with Crippen LogP contribution in [0.3, 0.4) is 0 Å². The standard InChI is InChI=1S/C14H18N2O3/c15-5-10-1-2-12-11(3-10)4-13(18)16(12)6-14(7-17)8-19-9-14/h1-3,17H,4-9,15H2. The molecule has 1 fully saturated rings. The van der Waals surface area contributed by atoms with Gasteiger partial charge in [0.05, 0.1) is 31.7 Å². The Bertz CT molecular complexity index is 506. The second kappa shape index (κ2) is 4.59. The minimum atomic E-state index is -0.288. The molecule has 1 saturated heterocycles. The van der Waals surface area contributed by atoms with Gasteiger partial charge in [-0.3, -0.25) is 4.79 Å². The summed E-state index contributed by atoms with van der Waals surface area (Å²) in [5.41, 5.74) is 8.35. The van der Waals surface area contributed by atoms with Gasteiger partial charge in [-0.05, 0) is 17.2 Å². The van der Waals surface area contributed by atoms with Gasteiger partial charge < -0.3 is 20.5 Å². The summed E-state index contributed by atoms with van der Waals surface area (Å²) in [6.07, 6.45) is 0.422. The van der Waals surface area contributed by atoms with Crippen LogP contribution in [0.15, 0.2) is 18.2 Å². The van der Waals surface area contributed by atoms with Crippen LogP contribution in [-0.2, 0) is 22.5 Å². The molecular weight excluding hydrogens is 244 g/mol. The van der Waals surface area contributed by atoms with Gasteiger partial charge in [-0.25, -0.2) is 0 Å². The minimum absolute atomic E-state index is 0.0486. The van der Waals surface area contributed by atoms with Crippen molar-refractivity contribution in [1.82, 2.24) is 0 Å². The van der Waals surface area contributed by atoms with E-state index in [1.54, 1.807) is 4.90 Å². The normalized spacial score (nSPS) is 20.3. The highest BCUT2D eigenvalue weighted by Crippen LogP contribution is 2.35.